The molecule has 2 N–H and O–H groups in total. The van der Waals surface area contributed by atoms with Crippen molar-refractivity contribution in [2.75, 3.05) is 12.3 Å². The van der Waals surface area contributed by atoms with Crippen LogP contribution in [-0.4, -0.2) is 24.8 Å². The summed E-state index contributed by atoms with van der Waals surface area (Å²) in [6.07, 6.45) is 2.30. The molecule has 4 nitrogen and oxygen atoms in total. The number of anilines is 1. The van der Waals surface area contributed by atoms with E-state index in [1.807, 2.05) is 13.8 Å². The van der Waals surface area contributed by atoms with Crippen LogP contribution in [0.1, 0.15) is 35.7 Å². The number of hydrogen-bond acceptors (Lipinski definition) is 4. The standard InChI is InChI=1S/C14H19NO3/c1-9-7-11(4-6-13(9)15)14(16)17-8-12-5-3-10(2)18-12/h4,6-7,10,12H,3,5,8,15H2,1-2H3. The molecule has 0 aromatic heterocycles. The Balaban J connectivity index is 1.89. The summed E-state index contributed by atoms with van der Waals surface area (Å²) >= 11 is 0. The molecule has 0 radical (unpaired) electrons. The van der Waals surface area contributed by atoms with E-state index in [1.54, 1.807) is 18.2 Å². The maximum atomic E-state index is 11.8. The van der Waals surface area contributed by atoms with E-state index in [1.165, 1.54) is 0 Å². The third-order valence-corrected chi connectivity index (χ3v) is 3.23. The first-order chi connectivity index (χ1) is 8.56. The molecule has 1 aromatic carbocycles. The van der Waals surface area contributed by atoms with Crippen molar-refractivity contribution in [2.24, 2.45) is 0 Å². The van der Waals surface area contributed by atoms with Gasteiger partial charge in [0.05, 0.1) is 17.8 Å². The molecule has 0 aliphatic carbocycles. The zero-order chi connectivity index (χ0) is 13.1. The van der Waals surface area contributed by atoms with Gasteiger partial charge in [-0.2, -0.15) is 0 Å². The molecular formula is C14H19NO3. The third kappa shape index (κ3) is 3.01. The Morgan fingerprint density at radius 1 is 1.50 bits per heavy atom. The quantitative estimate of drug-likeness (QED) is 0.659. The SMILES string of the molecule is Cc1cc(C(=O)OCC2CCC(C)O2)ccc1N. The zero-order valence-corrected chi connectivity index (χ0v) is 10.8. The molecule has 1 fully saturated rings. The van der Waals surface area contributed by atoms with Crippen LogP contribution in [0.3, 0.4) is 0 Å². The van der Waals surface area contributed by atoms with Crippen LogP contribution >= 0.6 is 0 Å². The summed E-state index contributed by atoms with van der Waals surface area (Å²) in [4.78, 5) is 11.8. The fourth-order valence-electron chi connectivity index (χ4n) is 2.06. The minimum Gasteiger partial charge on any atom is -0.459 e. The largest absolute Gasteiger partial charge is 0.459 e. The number of aryl methyl sites for hydroxylation is 1. The summed E-state index contributed by atoms with van der Waals surface area (Å²) in [7, 11) is 0. The van der Waals surface area contributed by atoms with E-state index >= 15 is 0 Å². The molecule has 0 amide bonds. The van der Waals surface area contributed by atoms with Gasteiger partial charge in [0.25, 0.3) is 0 Å². The van der Waals surface area contributed by atoms with Gasteiger partial charge in [0.2, 0.25) is 0 Å². The van der Waals surface area contributed by atoms with Crippen LogP contribution in [-0.2, 0) is 9.47 Å². The van der Waals surface area contributed by atoms with Gasteiger partial charge in [-0.15, -0.1) is 0 Å². The molecule has 0 saturated carbocycles. The Morgan fingerprint density at radius 3 is 2.89 bits per heavy atom. The first kappa shape index (κ1) is 12.9. The van der Waals surface area contributed by atoms with Gasteiger partial charge in [0.1, 0.15) is 6.61 Å². The first-order valence-electron chi connectivity index (χ1n) is 6.25. The normalized spacial score (nSPS) is 23.0. The van der Waals surface area contributed by atoms with Crippen LogP contribution in [0.15, 0.2) is 18.2 Å². The van der Waals surface area contributed by atoms with Crippen molar-refractivity contribution < 1.29 is 14.3 Å². The monoisotopic (exact) mass is 249 g/mol. The average molecular weight is 249 g/mol. The van der Waals surface area contributed by atoms with E-state index in [9.17, 15) is 4.79 Å². The molecular weight excluding hydrogens is 230 g/mol. The Labute approximate surface area is 107 Å². The number of nitrogen functional groups attached to an aromatic ring is 1. The maximum absolute atomic E-state index is 11.8. The van der Waals surface area contributed by atoms with Gasteiger partial charge in [0, 0.05) is 5.69 Å². The second-order valence-electron chi connectivity index (χ2n) is 4.82. The van der Waals surface area contributed by atoms with Gasteiger partial charge in [-0.05, 0) is 50.5 Å². The van der Waals surface area contributed by atoms with E-state index in [-0.39, 0.29) is 18.2 Å². The minimum absolute atomic E-state index is 0.0406. The van der Waals surface area contributed by atoms with Gasteiger partial charge in [-0.3, -0.25) is 0 Å². The molecule has 4 heteroatoms. The number of benzene rings is 1. The Kier molecular flexibility index (Phi) is 3.87. The number of nitrogens with two attached hydrogens (primary N) is 1. The van der Waals surface area contributed by atoms with E-state index in [0.717, 1.165) is 18.4 Å². The molecule has 98 valence electrons. The lowest BCUT2D eigenvalue weighted by Crippen LogP contribution is -2.19. The van der Waals surface area contributed by atoms with Crippen LogP contribution in [0, 0.1) is 6.92 Å². The van der Waals surface area contributed by atoms with Crippen molar-refractivity contribution in [3.05, 3.63) is 29.3 Å². The number of rotatable bonds is 3. The molecule has 2 rings (SSSR count). The minimum atomic E-state index is -0.318. The number of hydrogen-bond donors (Lipinski definition) is 1. The summed E-state index contributed by atoms with van der Waals surface area (Å²) in [6.45, 7) is 4.23. The first-order valence-corrected chi connectivity index (χ1v) is 6.25. The summed E-state index contributed by atoms with van der Waals surface area (Å²) < 4.78 is 10.8. The molecule has 0 bridgehead atoms. The van der Waals surface area contributed by atoms with Gasteiger partial charge in [-0.1, -0.05) is 0 Å². The second-order valence-corrected chi connectivity index (χ2v) is 4.82. The molecule has 0 spiro atoms. The molecule has 1 heterocycles. The number of esters is 1. The van der Waals surface area contributed by atoms with Crippen molar-refractivity contribution in [2.45, 2.75) is 38.9 Å². The van der Waals surface area contributed by atoms with Gasteiger partial charge < -0.3 is 15.2 Å². The van der Waals surface area contributed by atoms with E-state index < -0.39 is 0 Å². The van der Waals surface area contributed by atoms with Gasteiger partial charge >= 0.3 is 5.97 Å². The van der Waals surface area contributed by atoms with Crippen molar-refractivity contribution in [3.63, 3.8) is 0 Å². The molecule has 1 saturated heterocycles. The van der Waals surface area contributed by atoms with Crippen LogP contribution in [0.2, 0.25) is 0 Å². The summed E-state index contributed by atoms with van der Waals surface area (Å²) in [5.41, 5.74) is 7.80. The predicted octanol–water partition coefficient (Wildman–Crippen LogP) is 2.30. The van der Waals surface area contributed by atoms with Crippen LogP contribution in [0.25, 0.3) is 0 Å². The highest BCUT2D eigenvalue weighted by atomic mass is 16.6. The topological polar surface area (TPSA) is 61.5 Å². The highest BCUT2D eigenvalue weighted by molar-refractivity contribution is 5.90. The fourth-order valence-corrected chi connectivity index (χ4v) is 2.06. The zero-order valence-electron chi connectivity index (χ0n) is 10.8. The van der Waals surface area contributed by atoms with Crippen molar-refractivity contribution in [1.29, 1.82) is 0 Å². The summed E-state index contributed by atoms with van der Waals surface area (Å²) in [6, 6.07) is 5.15. The highest BCUT2D eigenvalue weighted by Crippen LogP contribution is 2.20. The molecule has 1 aromatic rings. The second kappa shape index (κ2) is 5.40. The molecule has 2 unspecified atom stereocenters. The number of carbonyl (C=O) groups is 1. The Morgan fingerprint density at radius 2 is 2.28 bits per heavy atom. The molecule has 18 heavy (non-hydrogen) atoms. The maximum Gasteiger partial charge on any atom is 0.338 e. The molecule has 1 aliphatic rings. The van der Waals surface area contributed by atoms with Crippen molar-refractivity contribution >= 4 is 11.7 Å². The van der Waals surface area contributed by atoms with Crippen LogP contribution < -0.4 is 5.73 Å². The Bertz CT molecular complexity index is 445. The van der Waals surface area contributed by atoms with E-state index in [0.29, 0.717) is 17.9 Å². The summed E-state index contributed by atoms with van der Waals surface area (Å²) in [5, 5.41) is 0. The fraction of sp³-hybridized carbons (Fsp3) is 0.500. The van der Waals surface area contributed by atoms with Crippen molar-refractivity contribution in [1.82, 2.24) is 0 Å². The van der Waals surface area contributed by atoms with Gasteiger partial charge in [-0.25, -0.2) is 4.79 Å². The van der Waals surface area contributed by atoms with E-state index in [4.69, 9.17) is 15.2 Å². The summed E-state index contributed by atoms with van der Waals surface area (Å²) in [5.74, 6) is -0.318. The van der Waals surface area contributed by atoms with E-state index in [2.05, 4.69) is 0 Å². The average Bonchev–Trinajstić information content (AvgIpc) is 2.75. The number of ether oxygens (including phenoxy) is 2. The lowest BCUT2D eigenvalue weighted by Gasteiger charge is -2.12. The predicted molar refractivity (Wildman–Crippen MR) is 69.4 cm³/mol. The van der Waals surface area contributed by atoms with Gasteiger partial charge in [0.15, 0.2) is 0 Å². The van der Waals surface area contributed by atoms with Crippen molar-refractivity contribution in [3.8, 4) is 0 Å². The lowest BCUT2D eigenvalue weighted by atomic mass is 10.1. The third-order valence-electron chi connectivity index (χ3n) is 3.23. The van der Waals surface area contributed by atoms with Crippen LogP contribution in [0.5, 0.6) is 0 Å². The Hall–Kier alpha value is -1.55. The highest BCUT2D eigenvalue weighted by Gasteiger charge is 2.23. The smallest absolute Gasteiger partial charge is 0.338 e. The van der Waals surface area contributed by atoms with Crippen LogP contribution in [0.4, 0.5) is 5.69 Å². The number of carbonyl (C=O) groups excluding carboxylic acids is 1. The molecule has 2 atom stereocenters. The molecule has 1 aliphatic heterocycles. The lowest BCUT2D eigenvalue weighted by molar-refractivity contribution is -0.00266.